The Labute approximate surface area is 190 Å². The molecule has 0 aliphatic heterocycles. The van der Waals surface area contributed by atoms with Crippen molar-refractivity contribution < 1.29 is 14.6 Å². The molecular formula is C25H36N2O3S. The molecule has 1 aromatic heterocycles. The number of ether oxygens (including phenoxy) is 1. The van der Waals surface area contributed by atoms with Crippen molar-refractivity contribution in [3.8, 4) is 17.0 Å². The molecule has 0 radical (unpaired) electrons. The van der Waals surface area contributed by atoms with E-state index in [9.17, 15) is 4.79 Å². The van der Waals surface area contributed by atoms with E-state index in [1.165, 1.54) is 12.8 Å². The van der Waals surface area contributed by atoms with Gasteiger partial charge >= 0.3 is 5.97 Å². The second-order valence-corrected chi connectivity index (χ2v) is 10.6. The van der Waals surface area contributed by atoms with Crippen LogP contribution in [-0.2, 0) is 11.3 Å². The molecule has 0 saturated heterocycles. The molecule has 170 valence electrons. The van der Waals surface area contributed by atoms with Crippen molar-refractivity contribution in [1.82, 2.24) is 10.3 Å². The van der Waals surface area contributed by atoms with Crippen LogP contribution in [0, 0.1) is 17.3 Å². The Kier molecular flexibility index (Phi) is 8.11. The molecule has 1 unspecified atom stereocenters. The van der Waals surface area contributed by atoms with Crippen molar-refractivity contribution in [2.24, 2.45) is 17.3 Å². The molecule has 5 nitrogen and oxygen atoms in total. The summed E-state index contributed by atoms with van der Waals surface area (Å²) in [5.41, 5.74) is 2.41. The van der Waals surface area contributed by atoms with Gasteiger partial charge in [0.2, 0.25) is 0 Å². The molecule has 2 N–H and O–H groups in total. The number of aromatic nitrogens is 1. The molecule has 6 heteroatoms. The lowest BCUT2D eigenvalue weighted by atomic mass is 9.72. The zero-order valence-corrected chi connectivity index (χ0v) is 20.0. The van der Waals surface area contributed by atoms with Gasteiger partial charge in [0.15, 0.2) is 0 Å². The second kappa shape index (κ2) is 10.6. The monoisotopic (exact) mass is 444 g/mol. The van der Waals surface area contributed by atoms with Crippen molar-refractivity contribution in [2.45, 2.75) is 72.4 Å². The Morgan fingerprint density at radius 1 is 1.23 bits per heavy atom. The lowest BCUT2D eigenvalue weighted by molar-refractivity contribution is -0.141. The van der Waals surface area contributed by atoms with E-state index in [1.807, 2.05) is 19.1 Å². The van der Waals surface area contributed by atoms with Crippen molar-refractivity contribution >= 4 is 17.3 Å². The maximum absolute atomic E-state index is 11.1. The lowest BCUT2D eigenvalue weighted by Crippen LogP contribution is -2.30. The third-order valence-electron chi connectivity index (χ3n) is 6.41. The molecular weight excluding hydrogens is 408 g/mol. The average Bonchev–Trinajstić information content (AvgIpc) is 3.20. The van der Waals surface area contributed by atoms with Gasteiger partial charge in [-0.25, -0.2) is 4.98 Å². The van der Waals surface area contributed by atoms with Gasteiger partial charge in [0, 0.05) is 24.0 Å². The van der Waals surface area contributed by atoms with E-state index >= 15 is 0 Å². The van der Waals surface area contributed by atoms with Crippen molar-refractivity contribution in [3.05, 3.63) is 34.7 Å². The number of nitrogens with one attached hydrogen (secondary N) is 1. The van der Waals surface area contributed by atoms with Gasteiger partial charge in [-0.1, -0.05) is 27.7 Å². The quantitative estimate of drug-likeness (QED) is 0.497. The predicted octanol–water partition coefficient (Wildman–Crippen LogP) is 5.99. The fraction of sp³-hybridized carbons (Fsp3) is 0.600. The number of hydrogen-bond acceptors (Lipinski definition) is 5. The van der Waals surface area contributed by atoms with E-state index in [-0.39, 0.29) is 5.92 Å². The first kappa shape index (κ1) is 23.7. The third-order valence-corrected chi connectivity index (χ3v) is 7.26. The molecule has 1 aliphatic rings. The van der Waals surface area contributed by atoms with E-state index in [0.717, 1.165) is 40.8 Å². The Bertz CT molecular complexity index is 833. The summed E-state index contributed by atoms with van der Waals surface area (Å²) in [7, 11) is 0. The number of rotatable bonds is 9. The van der Waals surface area contributed by atoms with Crippen LogP contribution in [0.1, 0.15) is 64.8 Å². The van der Waals surface area contributed by atoms with Gasteiger partial charge in [0.25, 0.3) is 0 Å². The second-order valence-electron chi connectivity index (χ2n) is 9.68. The van der Waals surface area contributed by atoms with E-state index in [1.54, 1.807) is 11.3 Å². The smallest absolute Gasteiger partial charge is 0.307 e. The van der Waals surface area contributed by atoms with Gasteiger partial charge < -0.3 is 15.2 Å². The highest BCUT2D eigenvalue weighted by molar-refractivity contribution is 7.09. The maximum atomic E-state index is 11.1. The van der Waals surface area contributed by atoms with E-state index in [4.69, 9.17) is 14.8 Å². The van der Waals surface area contributed by atoms with Crippen LogP contribution in [0.15, 0.2) is 29.6 Å². The molecule has 1 saturated carbocycles. The third kappa shape index (κ3) is 6.78. The van der Waals surface area contributed by atoms with E-state index in [0.29, 0.717) is 31.0 Å². The first-order valence-corrected chi connectivity index (χ1v) is 12.3. The number of aliphatic carboxylic acids is 1. The van der Waals surface area contributed by atoms with Crippen molar-refractivity contribution in [3.63, 3.8) is 0 Å². The van der Waals surface area contributed by atoms with Crippen LogP contribution in [0.25, 0.3) is 11.3 Å². The fourth-order valence-corrected chi connectivity index (χ4v) is 5.00. The molecule has 31 heavy (non-hydrogen) atoms. The SMILES string of the molecule is CCC(CNCc1nc(-c2ccc(O[C@H]3CC[C@H](C(C)(C)C)CC3)cc2)cs1)C(=O)O. The summed E-state index contributed by atoms with van der Waals surface area (Å²) >= 11 is 1.59. The topological polar surface area (TPSA) is 71.5 Å². The molecule has 1 atom stereocenters. The van der Waals surface area contributed by atoms with Gasteiger partial charge in [-0.15, -0.1) is 11.3 Å². The largest absolute Gasteiger partial charge is 0.490 e. The summed E-state index contributed by atoms with van der Waals surface area (Å²) in [6.07, 6.45) is 5.69. The summed E-state index contributed by atoms with van der Waals surface area (Å²) in [6, 6.07) is 8.22. The van der Waals surface area contributed by atoms with Crippen LogP contribution in [0.2, 0.25) is 0 Å². The Hall–Kier alpha value is -1.92. The summed E-state index contributed by atoms with van der Waals surface area (Å²) in [6.45, 7) is 9.98. The van der Waals surface area contributed by atoms with Gasteiger partial charge in [-0.05, 0) is 67.7 Å². The van der Waals surface area contributed by atoms with Gasteiger partial charge in [0.1, 0.15) is 10.8 Å². The highest BCUT2D eigenvalue weighted by Gasteiger charge is 2.30. The molecule has 0 bridgehead atoms. The first-order chi connectivity index (χ1) is 14.8. The molecule has 1 aromatic carbocycles. The number of carboxylic acids is 1. The molecule has 1 heterocycles. The van der Waals surface area contributed by atoms with Crippen LogP contribution in [0.5, 0.6) is 5.75 Å². The predicted molar refractivity (Wildman–Crippen MR) is 127 cm³/mol. The summed E-state index contributed by atoms with van der Waals surface area (Å²) in [5.74, 6) is 0.620. The Morgan fingerprint density at radius 2 is 1.90 bits per heavy atom. The van der Waals surface area contributed by atoms with Gasteiger partial charge in [-0.3, -0.25) is 4.79 Å². The minimum absolute atomic E-state index is 0.319. The van der Waals surface area contributed by atoms with Crippen LogP contribution < -0.4 is 10.1 Å². The minimum Gasteiger partial charge on any atom is -0.490 e. The van der Waals surface area contributed by atoms with Gasteiger partial charge in [-0.2, -0.15) is 0 Å². The fourth-order valence-electron chi connectivity index (χ4n) is 4.23. The highest BCUT2D eigenvalue weighted by Crippen LogP contribution is 2.38. The maximum Gasteiger partial charge on any atom is 0.307 e. The zero-order valence-electron chi connectivity index (χ0n) is 19.2. The van der Waals surface area contributed by atoms with Crippen LogP contribution in [0.4, 0.5) is 0 Å². The molecule has 0 spiro atoms. The molecule has 0 amide bonds. The normalized spacial score (nSPS) is 20.4. The lowest BCUT2D eigenvalue weighted by Gasteiger charge is -2.36. The molecule has 1 fully saturated rings. The summed E-state index contributed by atoms with van der Waals surface area (Å²) in [5, 5.41) is 15.4. The Morgan fingerprint density at radius 3 is 2.48 bits per heavy atom. The first-order valence-electron chi connectivity index (χ1n) is 11.4. The summed E-state index contributed by atoms with van der Waals surface area (Å²) < 4.78 is 6.24. The van der Waals surface area contributed by atoms with Crippen molar-refractivity contribution in [1.29, 1.82) is 0 Å². The number of nitrogens with zero attached hydrogens (tertiary/aromatic N) is 1. The number of benzene rings is 1. The highest BCUT2D eigenvalue weighted by atomic mass is 32.1. The van der Waals surface area contributed by atoms with Crippen LogP contribution >= 0.6 is 11.3 Å². The molecule has 1 aliphatic carbocycles. The van der Waals surface area contributed by atoms with Crippen LogP contribution in [0.3, 0.4) is 0 Å². The number of carboxylic acid groups (broad SMARTS) is 1. The van der Waals surface area contributed by atoms with Crippen molar-refractivity contribution in [2.75, 3.05) is 6.54 Å². The number of hydrogen-bond donors (Lipinski definition) is 2. The van der Waals surface area contributed by atoms with E-state index in [2.05, 4.69) is 43.6 Å². The molecule has 3 rings (SSSR count). The number of carbonyl (C=O) groups is 1. The Balaban J connectivity index is 1.49. The van der Waals surface area contributed by atoms with E-state index < -0.39 is 5.97 Å². The zero-order chi connectivity index (χ0) is 22.4. The molecule has 2 aromatic rings. The number of thiazole rings is 1. The minimum atomic E-state index is -0.751. The van der Waals surface area contributed by atoms with Gasteiger partial charge in [0.05, 0.1) is 17.7 Å². The van der Waals surface area contributed by atoms with Crippen LogP contribution in [-0.4, -0.2) is 28.7 Å². The summed E-state index contributed by atoms with van der Waals surface area (Å²) in [4.78, 5) is 15.8. The standard InChI is InChI=1S/C25H36N2O3S/c1-5-17(24(28)29)14-26-15-23-27-22(16-31-23)18-6-10-20(11-7-18)30-21-12-8-19(9-13-21)25(2,3)4/h6-7,10-11,16-17,19,21,26H,5,8-9,12-15H2,1-4H3,(H,28,29)/t17?,19-,21-. The average molecular weight is 445 g/mol.